The van der Waals surface area contributed by atoms with Crippen LogP contribution in [0, 0.1) is 13.8 Å². The zero-order valence-electron chi connectivity index (χ0n) is 13.0. The van der Waals surface area contributed by atoms with Crippen molar-refractivity contribution in [2.24, 2.45) is 0 Å². The minimum absolute atomic E-state index is 0.00609. The lowest BCUT2D eigenvalue weighted by Crippen LogP contribution is -2.54. The van der Waals surface area contributed by atoms with Crippen LogP contribution in [0.3, 0.4) is 0 Å². The maximum atomic E-state index is 11.4. The van der Waals surface area contributed by atoms with Crippen LogP contribution < -0.4 is 9.64 Å². The molecule has 0 amide bonds. The van der Waals surface area contributed by atoms with Gasteiger partial charge in [0.15, 0.2) is 5.78 Å². The van der Waals surface area contributed by atoms with Crippen LogP contribution >= 0.6 is 0 Å². The van der Waals surface area contributed by atoms with E-state index in [0.717, 1.165) is 30.1 Å². The Balaban J connectivity index is 1.63. The minimum Gasteiger partial charge on any atom is -0.486 e. The van der Waals surface area contributed by atoms with Crippen LogP contribution in [0.5, 0.6) is 5.75 Å². The number of hydrogen-bond donors (Lipinski definition) is 0. The molecule has 1 aliphatic heterocycles. The first-order valence-corrected chi connectivity index (χ1v) is 7.36. The Bertz CT molecular complexity index is 709. The molecule has 1 saturated heterocycles. The fourth-order valence-electron chi connectivity index (χ4n) is 2.50. The number of carbonyl (C=O) groups excluding carboxylic acids is 1. The molecular weight excluding hydrogens is 278 g/mol. The monoisotopic (exact) mass is 297 g/mol. The molecule has 5 heteroatoms. The first kappa shape index (κ1) is 14.5. The van der Waals surface area contributed by atoms with Gasteiger partial charge in [-0.15, -0.1) is 0 Å². The third kappa shape index (κ3) is 2.79. The summed E-state index contributed by atoms with van der Waals surface area (Å²) in [5.41, 5.74) is 2.44. The molecule has 0 saturated carbocycles. The molecule has 3 rings (SSSR count). The van der Waals surface area contributed by atoms with E-state index in [0.29, 0.717) is 11.5 Å². The Morgan fingerprint density at radius 2 is 2.00 bits per heavy atom. The smallest absolute Gasteiger partial charge is 0.225 e. The summed E-state index contributed by atoms with van der Waals surface area (Å²) in [6.45, 7) is 6.92. The molecule has 2 heterocycles. The maximum Gasteiger partial charge on any atom is 0.225 e. The lowest BCUT2D eigenvalue weighted by Gasteiger charge is -2.39. The Labute approximate surface area is 130 Å². The zero-order chi connectivity index (χ0) is 15.7. The molecule has 0 atom stereocenters. The number of aryl methyl sites for hydroxylation is 2. The number of ether oxygens (including phenoxy) is 1. The van der Waals surface area contributed by atoms with Gasteiger partial charge in [-0.1, -0.05) is 18.2 Å². The molecule has 0 N–H and O–H groups in total. The molecule has 22 heavy (non-hydrogen) atoms. The van der Waals surface area contributed by atoms with E-state index in [4.69, 9.17) is 4.74 Å². The highest BCUT2D eigenvalue weighted by atomic mass is 16.5. The molecule has 2 aromatic rings. The molecule has 114 valence electrons. The first-order chi connectivity index (χ1) is 10.5. The van der Waals surface area contributed by atoms with Crippen LogP contribution in [0.1, 0.15) is 28.5 Å². The summed E-state index contributed by atoms with van der Waals surface area (Å²) in [6.07, 6.45) is 1.76. The van der Waals surface area contributed by atoms with E-state index in [9.17, 15) is 4.79 Å². The van der Waals surface area contributed by atoms with E-state index in [-0.39, 0.29) is 11.9 Å². The predicted octanol–water partition coefficient (Wildman–Crippen LogP) is 2.56. The highest BCUT2D eigenvalue weighted by Crippen LogP contribution is 2.24. The Hall–Kier alpha value is -2.43. The molecule has 0 unspecified atom stereocenters. The van der Waals surface area contributed by atoms with Gasteiger partial charge in [-0.05, 0) is 32.4 Å². The van der Waals surface area contributed by atoms with Gasteiger partial charge >= 0.3 is 0 Å². The quantitative estimate of drug-likeness (QED) is 0.812. The molecule has 0 aliphatic carbocycles. The summed E-state index contributed by atoms with van der Waals surface area (Å²) in [5, 5.41) is 0. The zero-order valence-corrected chi connectivity index (χ0v) is 13.0. The van der Waals surface area contributed by atoms with E-state index in [1.165, 1.54) is 6.92 Å². The molecule has 1 aromatic carbocycles. The lowest BCUT2D eigenvalue weighted by atomic mass is 10.1. The van der Waals surface area contributed by atoms with Crippen LogP contribution in [-0.2, 0) is 0 Å². The fraction of sp³-hybridized carbons (Fsp3) is 0.353. The fourth-order valence-corrected chi connectivity index (χ4v) is 2.50. The summed E-state index contributed by atoms with van der Waals surface area (Å²) < 4.78 is 5.97. The van der Waals surface area contributed by atoms with Gasteiger partial charge in [0.25, 0.3) is 0 Å². The molecule has 0 spiro atoms. The Kier molecular flexibility index (Phi) is 3.79. The van der Waals surface area contributed by atoms with Crippen molar-refractivity contribution in [1.82, 2.24) is 9.97 Å². The van der Waals surface area contributed by atoms with Gasteiger partial charge in [0, 0.05) is 6.20 Å². The summed E-state index contributed by atoms with van der Waals surface area (Å²) in [7, 11) is 0. The number of aromatic nitrogens is 2. The molecule has 1 fully saturated rings. The third-order valence-corrected chi connectivity index (χ3v) is 3.86. The van der Waals surface area contributed by atoms with Crippen molar-refractivity contribution in [3.8, 4) is 5.75 Å². The van der Waals surface area contributed by atoms with Crippen molar-refractivity contribution in [3.63, 3.8) is 0 Å². The van der Waals surface area contributed by atoms with Crippen LogP contribution in [0.2, 0.25) is 0 Å². The molecule has 1 aromatic heterocycles. The molecule has 1 aliphatic rings. The highest BCUT2D eigenvalue weighted by molar-refractivity contribution is 5.94. The van der Waals surface area contributed by atoms with Crippen LogP contribution in [0.25, 0.3) is 0 Å². The Morgan fingerprint density at radius 1 is 1.27 bits per heavy atom. The number of ketones is 1. The second-order valence-corrected chi connectivity index (χ2v) is 5.64. The predicted molar refractivity (Wildman–Crippen MR) is 84.6 cm³/mol. The van der Waals surface area contributed by atoms with Gasteiger partial charge in [0.1, 0.15) is 11.9 Å². The normalized spacial score (nSPS) is 14.6. The number of nitrogens with zero attached hydrogens (tertiary/aromatic N) is 3. The van der Waals surface area contributed by atoms with E-state index < -0.39 is 0 Å². The van der Waals surface area contributed by atoms with Crippen molar-refractivity contribution in [3.05, 3.63) is 47.3 Å². The average molecular weight is 297 g/mol. The largest absolute Gasteiger partial charge is 0.486 e. The van der Waals surface area contributed by atoms with Crippen LogP contribution in [0.15, 0.2) is 30.5 Å². The number of rotatable bonds is 4. The second kappa shape index (κ2) is 5.75. The van der Waals surface area contributed by atoms with Crippen molar-refractivity contribution >= 4 is 11.7 Å². The van der Waals surface area contributed by atoms with Gasteiger partial charge in [0.2, 0.25) is 5.95 Å². The van der Waals surface area contributed by atoms with Crippen LogP contribution in [0.4, 0.5) is 5.95 Å². The van der Waals surface area contributed by atoms with E-state index in [2.05, 4.69) is 14.9 Å². The van der Waals surface area contributed by atoms with Crippen molar-refractivity contribution in [2.75, 3.05) is 18.0 Å². The average Bonchev–Trinajstić information content (AvgIpc) is 2.43. The minimum atomic E-state index is -0.00609. The lowest BCUT2D eigenvalue weighted by molar-refractivity contribution is 0.101. The summed E-state index contributed by atoms with van der Waals surface area (Å²) >= 11 is 0. The number of hydrogen-bond acceptors (Lipinski definition) is 5. The van der Waals surface area contributed by atoms with E-state index >= 15 is 0 Å². The van der Waals surface area contributed by atoms with E-state index in [1.807, 2.05) is 38.1 Å². The summed E-state index contributed by atoms with van der Waals surface area (Å²) in [4.78, 5) is 22.2. The third-order valence-electron chi connectivity index (χ3n) is 3.86. The topological polar surface area (TPSA) is 55.3 Å². The second-order valence-electron chi connectivity index (χ2n) is 5.64. The van der Waals surface area contributed by atoms with Crippen molar-refractivity contribution in [1.29, 1.82) is 0 Å². The number of carbonyl (C=O) groups is 1. The number of benzene rings is 1. The van der Waals surface area contributed by atoms with Gasteiger partial charge in [-0.2, -0.15) is 0 Å². The van der Waals surface area contributed by atoms with Gasteiger partial charge in [-0.3, -0.25) is 4.79 Å². The Morgan fingerprint density at radius 3 is 2.64 bits per heavy atom. The van der Waals surface area contributed by atoms with Gasteiger partial charge in [0.05, 0.1) is 24.3 Å². The van der Waals surface area contributed by atoms with Gasteiger partial charge < -0.3 is 9.64 Å². The SMILES string of the molecule is CC(=O)c1cnc(N2CC(Oc3ccccc3C)C2)nc1C. The highest BCUT2D eigenvalue weighted by Gasteiger charge is 2.31. The number of Topliss-reactive ketones (excluding diaryl/α,β-unsaturated/α-hetero) is 1. The molecule has 0 bridgehead atoms. The molecular formula is C17H19N3O2. The van der Waals surface area contributed by atoms with Crippen LogP contribution in [-0.4, -0.2) is 34.9 Å². The first-order valence-electron chi connectivity index (χ1n) is 7.36. The standard InChI is InChI=1S/C17H19N3O2/c1-11-6-4-5-7-16(11)22-14-9-20(10-14)17-18-8-15(13(3)21)12(2)19-17/h4-8,14H,9-10H2,1-3H3. The summed E-state index contributed by atoms with van der Waals surface area (Å²) in [6, 6.07) is 8.01. The summed E-state index contributed by atoms with van der Waals surface area (Å²) in [5.74, 6) is 1.58. The maximum absolute atomic E-state index is 11.4. The molecule has 0 radical (unpaired) electrons. The van der Waals surface area contributed by atoms with Crippen molar-refractivity contribution in [2.45, 2.75) is 26.9 Å². The van der Waals surface area contributed by atoms with Gasteiger partial charge in [-0.25, -0.2) is 9.97 Å². The van der Waals surface area contributed by atoms with E-state index in [1.54, 1.807) is 6.20 Å². The number of para-hydroxylation sites is 1. The van der Waals surface area contributed by atoms with Crippen molar-refractivity contribution < 1.29 is 9.53 Å². The molecule has 5 nitrogen and oxygen atoms in total. The number of anilines is 1.